The van der Waals surface area contributed by atoms with E-state index in [0.29, 0.717) is 23.8 Å². The van der Waals surface area contributed by atoms with Gasteiger partial charge in [-0.3, -0.25) is 4.79 Å². The Kier molecular flexibility index (Phi) is 3.27. The summed E-state index contributed by atoms with van der Waals surface area (Å²) >= 11 is 6.09. The molecule has 4 heteroatoms. The van der Waals surface area contributed by atoms with E-state index < -0.39 is 0 Å². The van der Waals surface area contributed by atoms with E-state index in [2.05, 4.69) is 5.32 Å². The van der Waals surface area contributed by atoms with Crippen LogP contribution in [0.1, 0.15) is 17.5 Å². The zero-order chi connectivity index (χ0) is 12.5. The first-order chi connectivity index (χ1) is 8.74. The zero-order valence-corrected chi connectivity index (χ0v) is 10.9. The average molecular weight is 266 g/mol. The lowest BCUT2D eigenvalue weighted by atomic mass is 9.95. The van der Waals surface area contributed by atoms with Gasteiger partial charge in [0.25, 0.3) is 0 Å². The summed E-state index contributed by atoms with van der Waals surface area (Å²) in [5.41, 5.74) is 2.08. The van der Waals surface area contributed by atoms with Crippen molar-refractivity contribution in [1.82, 2.24) is 5.32 Å². The third-order valence-corrected chi connectivity index (χ3v) is 3.92. The Balaban J connectivity index is 1.82. The molecule has 2 aliphatic rings. The number of ether oxygens (including phenoxy) is 1. The number of rotatable bonds is 3. The Bertz CT molecular complexity index is 481. The quantitative estimate of drug-likeness (QED) is 0.908. The zero-order valence-electron chi connectivity index (χ0n) is 10.2. The second-order valence-electron chi connectivity index (χ2n) is 4.98. The van der Waals surface area contributed by atoms with E-state index in [1.54, 1.807) is 0 Å². The van der Waals surface area contributed by atoms with E-state index in [0.717, 1.165) is 42.8 Å². The number of carbonyl (C=O) groups excluding carboxylic acids is 1. The number of hydrogen-bond donors (Lipinski definition) is 1. The third kappa shape index (κ3) is 2.25. The van der Waals surface area contributed by atoms with E-state index in [1.165, 1.54) is 0 Å². The van der Waals surface area contributed by atoms with Crippen LogP contribution in [0, 0.1) is 5.92 Å². The highest BCUT2D eigenvalue weighted by molar-refractivity contribution is 6.30. The summed E-state index contributed by atoms with van der Waals surface area (Å²) in [7, 11) is 0. The van der Waals surface area contributed by atoms with Gasteiger partial charge in [0, 0.05) is 35.9 Å². The first kappa shape index (κ1) is 12.0. The molecule has 0 saturated carbocycles. The fourth-order valence-corrected chi connectivity index (χ4v) is 3.00. The van der Waals surface area contributed by atoms with Gasteiger partial charge in [0.1, 0.15) is 11.5 Å². The predicted molar refractivity (Wildman–Crippen MR) is 70.3 cm³/mol. The topological polar surface area (TPSA) is 38.3 Å². The molecule has 3 rings (SSSR count). The molecule has 96 valence electrons. The van der Waals surface area contributed by atoms with Crippen molar-refractivity contribution in [3.05, 3.63) is 28.3 Å². The lowest BCUT2D eigenvalue weighted by Crippen LogP contribution is -2.19. The lowest BCUT2D eigenvalue weighted by molar-refractivity contribution is -0.121. The first-order valence-corrected chi connectivity index (χ1v) is 6.79. The van der Waals surface area contributed by atoms with Crippen LogP contribution in [-0.2, 0) is 17.6 Å². The van der Waals surface area contributed by atoms with Crippen molar-refractivity contribution >= 4 is 17.4 Å². The highest BCUT2D eigenvalue weighted by Crippen LogP contribution is 2.33. The molecule has 1 atom stereocenters. The SMILES string of the molecule is O=C(Cc1cc(Cl)cc2c1OCC2)C1CCNC1. The van der Waals surface area contributed by atoms with Crippen LogP contribution in [0.25, 0.3) is 0 Å². The molecule has 0 aromatic heterocycles. The van der Waals surface area contributed by atoms with Gasteiger partial charge in [-0.05, 0) is 30.7 Å². The highest BCUT2D eigenvalue weighted by atomic mass is 35.5. The predicted octanol–water partition coefficient (Wildman–Crippen LogP) is 2.00. The maximum absolute atomic E-state index is 12.2. The Morgan fingerprint density at radius 1 is 1.50 bits per heavy atom. The highest BCUT2D eigenvalue weighted by Gasteiger charge is 2.25. The maximum atomic E-state index is 12.2. The van der Waals surface area contributed by atoms with E-state index in [-0.39, 0.29) is 5.92 Å². The molecule has 2 heterocycles. The summed E-state index contributed by atoms with van der Waals surface area (Å²) in [6, 6.07) is 3.81. The molecule has 1 aromatic carbocycles. The van der Waals surface area contributed by atoms with Gasteiger partial charge in [-0.15, -0.1) is 0 Å². The van der Waals surface area contributed by atoms with Crippen LogP contribution in [0.15, 0.2) is 12.1 Å². The number of benzene rings is 1. The number of nitrogens with one attached hydrogen (secondary N) is 1. The fourth-order valence-electron chi connectivity index (χ4n) is 2.74. The summed E-state index contributed by atoms with van der Waals surface area (Å²) in [6.45, 7) is 2.45. The van der Waals surface area contributed by atoms with Gasteiger partial charge in [-0.25, -0.2) is 0 Å². The van der Waals surface area contributed by atoms with Crippen LogP contribution < -0.4 is 10.1 Å². The van der Waals surface area contributed by atoms with Gasteiger partial charge in [0.2, 0.25) is 0 Å². The van der Waals surface area contributed by atoms with Crippen molar-refractivity contribution in [2.45, 2.75) is 19.3 Å². The normalized spacial score (nSPS) is 21.7. The molecule has 0 amide bonds. The summed E-state index contributed by atoms with van der Waals surface area (Å²) in [5.74, 6) is 1.33. The van der Waals surface area contributed by atoms with E-state index in [9.17, 15) is 4.79 Å². The second-order valence-corrected chi connectivity index (χ2v) is 5.42. The standard InChI is InChI=1S/C14H16ClNO2/c15-12-5-9-2-4-18-14(9)11(6-12)7-13(17)10-1-3-16-8-10/h5-6,10,16H,1-4,7-8H2. The number of ketones is 1. The van der Waals surface area contributed by atoms with Crippen LogP contribution in [0.5, 0.6) is 5.75 Å². The Hall–Kier alpha value is -1.06. The van der Waals surface area contributed by atoms with Crippen molar-refractivity contribution in [3.8, 4) is 5.75 Å². The van der Waals surface area contributed by atoms with Crippen LogP contribution in [0.3, 0.4) is 0 Å². The van der Waals surface area contributed by atoms with Gasteiger partial charge in [-0.2, -0.15) is 0 Å². The van der Waals surface area contributed by atoms with E-state index in [4.69, 9.17) is 16.3 Å². The molecule has 3 nitrogen and oxygen atoms in total. The van der Waals surface area contributed by atoms with Crippen LogP contribution >= 0.6 is 11.6 Å². The minimum Gasteiger partial charge on any atom is -0.493 e. The van der Waals surface area contributed by atoms with Gasteiger partial charge in [0.15, 0.2) is 0 Å². The summed E-state index contributed by atoms with van der Waals surface area (Å²) < 4.78 is 5.62. The Morgan fingerprint density at radius 3 is 3.17 bits per heavy atom. The number of Topliss-reactive ketones (excluding diaryl/α,β-unsaturated/α-hetero) is 1. The minimum atomic E-state index is 0.154. The van der Waals surface area contributed by atoms with Gasteiger partial charge in [0.05, 0.1) is 6.61 Å². The molecule has 1 aromatic rings. The number of halogens is 1. The molecule has 1 N–H and O–H groups in total. The molecule has 1 saturated heterocycles. The Labute approximate surface area is 111 Å². The lowest BCUT2D eigenvalue weighted by Gasteiger charge is -2.11. The third-order valence-electron chi connectivity index (χ3n) is 3.71. The minimum absolute atomic E-state index is 0.154. The van der Waals surface area contributed by atoms with Crippen molar-refractivity contribution in [1.29, 1.82) is 0 Å². The number of fused-ring (bicyclic) bond motifs is 1. The summed E-state index contributed by atoms with van der Waals surface area (Å²) in [6.07, 6.45) is 2.28. The molecule has 1 unspecified atom stereocenters. The molecule has 0 radical (unpaired) electrons. The molecule has 0 aliphatic carbocycles. The number of carbonyl (C=O) groups is 1. The molecular weight excluding hydrogens is 250 g/mol. The summed E-state index contributed by atoms with van der Waals surface area (Å²) in [5, 5.41) is 3.93. The van der Waals surface area contributed by atoms with Crippen molar-refractivity contribution < 1.29 is 9.53 Å². The first-order valence-electron chi connectivity index (χ1n) is 6.41. The second kappa shape index (κ2) is 4.90. The van der Waals surface area contributed by atoms with Crippen LogP contribution in [0.4, 0.5) is 0 Å². The van der Waals surface area contributed by atoms with Crippen molar-refractivity contribution in [2.75, 3.05) is 19.7 Å². The molecule has 18 heavy (non-hydrogen) atoms. The van der Waals surface area contributed by atoms with Crippen LogP contribution in [-0.4, -0.2) is 25.5 Å². The molecular formula is C14H16ClNO2. The molecule has 0 bridgehead atoms. The Morgan fingerprint density at radius 2 is 2.39 bits per heavy atom. The van der Waals surface area contributed by atoms with Gasteiger partial charge in [-0.1, -0.05) is 11.6 Å². The maximum Gasteiger partial charge on any atom is 0.141 e. The molecule has 1 fully saturated rings. The van der Waals surface area contributed by atoms with E-state index >= 15 is 0 Å². The van der Waals surface area contributed by atoms with E-state index in [1.807, 2.05) is 12.1 Å². The van der Waals surface area contributed by atoms with Gasteiger partial charge < -0.3 is 10.1 Å². The molecule has 0 spiro atoms. The summed E-state index contributed by atoms with van der Waals surface area (Å²) in [4.78, 5) is 12.2. The van der Waals surface area contributed by atoms with Gasteiger partial charge >= 0.3 is 0 Å². The molecule has 2 aliphatic heterocycles. The fraction of sp³-hybridized carbons (Fsp3) is 0.500. The largest absolute Gasteiger partial charge is 0.493 e. The van der Waals surface area contributed by atoms with Crippen molar-refractivity contribution in [2.24, 2.45) is 5.92 Å². The van der Waals surface area contributed by atoms with Crippen LogP contribution in [0.2, 0.25) is 5.02 Å². The smallest absolute Gasteiger partial charge is 0.141 e. The average Bonchev–Trinajstić information content (AvgIpc) is 2.98. The van der Waals surface area contributed by atoms with Crippen molar-refractivity contribution in [3.63, 3.8) is 0 Å². The monoisotopic (exact) mass is 265 g/mol. The number of hydrogen-bond acceptors (Lipinski definition) is 3.